The van der Waals surface area contributed by atoms with Crippen LogP contribution >= 0.6 is 35.0 Å². The number of amides is 5. The van der Waals surface area contributed by atoms with Crippen LogP contribution in [-0.2, 0) is 19.2 Å². The third-order valence-electron chi connectivity index (χ3n) is 4.52. The van der Waals surface area contributed by atoms with Gasteiger partial charge in [0, 0.05) is 38.9 Å². The molecule has 0 unspecified atom stereocenters. The van der Waals surface area contributed by atoms with Crippen molar-refractivity contribution >= 4 is 69.9 Å². The van der Waals surface area contributed by atoms with E-state index < -0.39 is 11.1 Å². The third-order valence-corrected chi connectivity index (χ3v) is 6.26. The molecule has 2 heterocycles. The average Bonchev–Trinajstić information content (AvgIpc) is 3.16. The minimum atomic E-state index is -0.483. The molecule has 0 aromatic heterocycles. The molecule has 0 aliphatic carbocycles. The number of likely N-dealkylation sites (tertiary alicyclic amines) is 1. The van der Waals surface area contributed by atoms with Crippen molar-refractivity contribution in [1.29, 1.82) is 0 Å². The molecule has 3 rings (SSSR count). The van der Waals surface area contributed by atoms with Crippen LogP contribution in [0.1, 0.15) is 24.8 Å². The molecule has 0 saturated carbocycles. The van der Waals surface area contributed by atoms with E-state index in [9.17, 15) is 24.0 Å². The second-order valence-corrected chi connectivity index (χ2v) is 8.29. The van der Waals surface area contributed by atoms with E-state index in [1.54, 1.807) is 18.2 Å². The summed E-state index contributed by atoms with van der Waals surface area (Å²) >= 11 is 12.9. The highest BCUT2D eigenvalue weighted by atomic mass is 35.5. The van der Waals surface area contributed by atoms with Crippen molar-refractivity contribution in [2.24, 2.45) is 0 Å². The molecule has 2 aliphatic heterocycles. The maximum atomic E-state index is 12.5. The first-order chi connectivity index (χ1) is 14.3. The fourth-order valence-electron chi connectivity index (χ4n) is 2.95. The Bertz CT molecular complexity index is 949. The molecule has 2 saturated heterocycles. The molecule has 11 heteroatoms. The summed E-state index contributed by atoms with van der Waals surface area (Å²) in [6.07, 6.45) is 1.81. The SMILES string of the molecule is O=C(CCN1C(=O)CCC1=O)NCCN1C(=O)S/C(=C\c2cccc(Cl)c2Cl)C1=O. The lowest BCUT2D eigenvalue weighted by molar-refractivity contribution is -0.138. The first-order valence-electron chi connectivity index (χ1n) is 9.07. The van der Waals surface area contributed by atoms with Crippen LogP contribution in [-0.4, -0.2) is 58.3 Å². The van der Waals surface area contributed by atoms with E-state index in [0.29, 0.717) is 10.6 Å². The molecule has 30 heavy (non-hydrogen) atoms. The largest absolute Gasteiger partial charge is 0.354 e. The monoisotopic (exact) mass is 469 g/mol. The van der Waals surface area contributed by atoms with Crippen LogP contribution in [0, 0.1) is 0 Å². The van der Waals surface area contributed by atoms with Crippen LogP contribution in [0.15, 0.2) is 23.1 Å². The van der Waals surface area contributed by atoms with E-state index >= 15 is 0 Å². The summed E-state index contributed by atoms with van der Waals surface area (Å²) in [5, 5.41) is 2.75. The van der Waals surface area contributed by atoms with Gasteiger partial charge in [0.25, 0.3) is 11.1 Å². The normalized spacial score (nSPS) is 18.1. The molecule has 1 aromatic carbocycles. The Morgan fingerprint density at radius 3 is 2.47 bits per heavy atom. The van der Waals surface area contributed by atoms with E-state index in [1.165, 1.54) is 6.08 Å². The number of benzene rings is 1. The van der Waals surface area contributed by atoms with Gasteiger partial charge in [-0.15, -0.1) is 0 Å². The topological polar surface area (TPSA) is 104 Å². The second kappa shape index (κ2) is 9.63. The number of halogens is 2. The van der Waals surface area contributed by atoms with Crippen LogP contribution < -0.4 is 5.32 Å². The number of thioether (sulfide) groups is 1. The number of hydrogen-bond acceptors (Lipinski definition) is 6. The smallest absolute Gasteiger partial charge is 0.293 e. The zero-order chi connectivity index (χ0) is 21.8. The van der Waals surface area contributed by atoms with E-state index in [4.69, 9.17) is 23.2 Å². The van der Waals surface area contributed by atoms with Gasteiger partial charge in [-0.25, -0.2) is 0 Å². The molecule has 0 bridgehead atoms. The third kappa shape index (κ3) is 5.03. The van der Waals surface area contributed by atoms with Gasteiger partial charge in [-0.3, -0.25) is 33.8 Å². The quantitative estimate of drug-likeness (QED) is 0.486. The number of imide groups is 2. The maximum absolute atomic E-state index is 12.5. The minimum Gasteiger partial charge on any atom is -0.354 e. The molecule has 2 aliphatic rings. The lowest BCUT2D eigenvalue weighted by Crippen LogP contribution is -2.39. The van der Waals surface area contributed by atoms with Crippen molar-refractivity contribution in [1.82, 2.24) is 15.1 Å². The summed E-state index contributed by atoms with van der Waals surface area (Å²) in [6, 6.07) is 4.98. The van der Waals surface area contributed by atoms with Crippen LogP contribution in [0.5, 0.6) is 0 Å². The molecular weight excluding hydrogens is 453 g/mol. The Kier molecular flexibility index (Phi) is 7.17. The van der Waals surface area contributed by atoms with Crippen molar-refractivity contribution in [2.75, 3.05) is 19.6 Å². The second-order valence-electron chi connectivity index (χ2n) is 6.52. The highest BCUT2D eigenvalue weighted by Gasteiger charge is 2.35. The van der Waals surface area contributed by atoms with Gasteiger partial charge in [0.15, 0.2) is 0 Å². The van der Waals surface area contributed by atoms with E-state index in [-0.39, 0.29) is 66.5 Å². The highest BCUT2D eigenvalue weighted by molar-refractivity contribution is 8.18. The molecule has 0 spiro atoms. The van der Waals surface area contributed by atoms with Crippen LogP contribution in [0.2, 0.25) is 10.0 Å². The van der Waals surface area contributed by atoms with Crippen LogP contribution in [0.3, 0.4) is 0 Å². The summed E-state index contributed by atoms with van der Waals surface area (Å²) in [4.78, 5) is 62.0. The summed E-state index contributed by atoms with van der Waals surface area (Å²) in [6.45, 7) is 0.0801. The van der Waals surface area contributed by atoms with E-state index in [1.807, 2.05) is 0 Å². The Balaban J connectivity index is 1.50. The molecule has 8 nitrogen and oxygen atoms in total. The molecule has 0 radical (unpaired) electrons. The molecule has 158 valence electrons. The summed E-state index contributed by atoms with van der Waals surface area (Å²) < 4.78 is 0. The average molecular weight is 470 g/mol. The summed E-state index contributed by atoms with van der Waals surface area (Å²) in [5.74, 6) is -1.42. The fraction of sp³-hybridized carbons (Fsp3) is 0.316. The number of carbonyl (C=O) groups is 5. The predicted molar refractivity (Wildman–Crippen MR) is 113 cm³/mol. The van der Waals surface area contributed by atoms with E-state index in [0.717, 1.165) is 21.6 Å². The Labute approximate surface area is 186 Å². The molecule has 1 aromatic rings. The summed E-state index contributed by atoms with van der Waals surface area (Å²) in [7, 11) is 0. The van der Waals surface area contributed by atoms with Crippen molar-refractivity contribution in [2.45, 2.75) is 19.3 Å². The van der Waals surface area contributed by atoms with Gasteiger partial charge in [-0.2, -0.15) is 0 Å². The van der Waals surface area contributed by atoms with Crippen LogP contribution in [0.25, 0.3) is 6.08 Å². The number of rotatable bonds is 7. The number of carbonyl (C=O) groups excluding carboxylic acids is 5. The zero-order valence-electron chi connectivity index (χ0n) is 15.7. The van der Waals surface area contributed by atoms with Gasteiger partial charge in [-0.05, 0) is 29.5 Å². The molecular formula is C19H17Cl2N3O5S. The fourth-order valence-corrected chi connectivity index (χ4v) is 4.17. The molecule has 0 atom stereocenters. The highest BCUT2D eigenvalue weighted by Crippen LogP contribution is 2.34. The first kappa shape index (κ1) is 22.3. The number of nitrogens with zero attached hydrogens (tertiary/aromatic N) is 2. The van der Waals surface area contributed by atoms with Gasteiger partial charge >= 0.3 is 0 Å². The first-order valence-corrected chi connectivity index (χ1v) is 10.6. The van der Waals surface area contributed by atoms with Crippen LogP contribution in [0.4, 0.5) is 4.79 Å². The van der Waals surface area contributed by atoms with Gasteiger partial charge in [0.2, 0.25) is 17.7 Å². The number of nitrogens with one attached hydrogen (secondary N) is 1. The Morgan fingerprint density at radius 1 is 1.07 bits per heavy atom. The van der Waals surface area contributed by atoms with Crippen molar-refractivity contribution < 1.29 is 24.0 Å². The van der Waals surface area contributed by atoms with Crippen molar-refractivity contribution in [3.05, 3.63) is 38.7 Å². The van der Waals surface area contributed by atoms with Crippen molar-refractivity contribution in [3.63, 3.8) is 0 Å². The van der Waals surface area contributed by atoms with E-state index in [2.05, 4.69) is 5.32 Å². The minimum absolute atomic E-state index is 0.00139. The van der Waals surface area contributed by atoms with Gasteiger partial charge in [0.1, 0.15) is 0 Å². The molecule has 5 amide bonds. The van der Waals surface area contributed by atoms with Crippen molar-refractivity contribution in [3.8, 4) is 0 Å². The predicted octanol–water partition coefficient (Wildman–Crippen LogP) is 2.69. The standard InChI is InChI=1S/C19H17Cl2N3O5S/c20-12-3-1-2-11(17(12)21)10-13-18(28)24(19(29)30-13)9-7-22-14(25)6-8-23-15(26)4-5-16(23)27/h1-3,10H,4-9H2,(H,22,25)/b13-10-. The molecule has 2 fully saturated rings. The van der Waals surface area contributed by atoms with Gasteiger partial charge < -0.3 is 5.32 Å². The van der Waals surface area contributed by atoms with Gasteiger partial charge in [-0.1, -0.05) is 35.3 Å². The zero-order valence-corrected chi connectivity index (χ0v) is 18.0. The van der Waals surface area contributed by atoms with Gasteiger partial charge in [0.05, 0.1) is 15.0 Å². The Morgan fingerprint density at radius 2 is 1.77 bits per heavy atom. The molecule has 1 N–H and O–H groups in total. The lowest BCUT2D eigenvalue weighted by atomic mass is 10.2. The lowest BCUT2D eigenvalue weighted by Gasteiger charge is -2.15. The Hall–Kier alpha value is -2.36. The summed E-state index contributed by atoms with van der Waals surface area (Å²) in [5.41, 5.74) is 0.522. The maximum Gasteiger partial charge on any atom is 0.293 e. The number of hydrogen-bond donors (Lipinski definition) is 1.